The van der Waals surface area contributed by atoms with E-state index >= 15 is 0 Å². The standard InChI is InChI=1S/C17H24N6O2/c1-3-15-18-5-7-23(15)12-16(24)19-9-13-4-6-22(11-13)14-8-17(25)21(2)20-10-14/h5,7-8,10,13H,3-4,6,9,11-12H2,1-2H3,(H,19,24). The van der Waals surface area contributed by atoms with Crippen LogP contribution < -0.4 is 15.8 Å². The minimum atomic E-state index is -0.110. The smallest absolute Gasteiger partial charge is 0.268 e. The Bertz CT molecular complexity index is 796. The van der Waals surface area contributed by atoms with Crippen molar-refractivity contribution in [3.63, 3.8) is 0 Å². The summed E-state index contributed by atoms with van der Waals surface area (Å²) in [5, 5.41) is 7.08. The molecule has 1 N–H and O–H groups in total. The lowest BCUT2D eigenvalue weighted by atomic mass is 10.1. The Kier molecular flexibility index (Phi) is 5.16. The highest BCUT2D eigenvalue weighted by molar-refractivity contribution is 5.75. The van der Waals surface area contributed by atoms with E-state index in [2.05, 4.69) is 20.3 Å². The molecule has 3 heterocycles. The SMILES string of the molecule is CCc1nccn1CC(=O)NCC1CCN(c2cnn(C)c(=O)c2)C1. The van der Waals surface area contributed by atoms with Crippen LogP contribution in [0.3, 0.4) is 0 Å². The highest BCUT2D eigenvalue weighted by Crippen LogP contribution is 2.21. The first kappa shape index (κ1) is 17.2. The molecule has 0 aromatic carbocycles. The van der Waals surface area contributed by atoms with E-state index in [1.165, 1.54) is 4.68 Å². The molecule has 1 atom stereocenters. The van der Waals surface area contributed by atoms with Crippen molar-refractivity contribution in [1.29, 1.82) is 0 Å². The molecule has 1 aliphatic rings. The minimum absolute atomic E-state index is 0.00129. The number of imidazole rings is 1. The Balaban J connectivity index is 1.49. The molecule has 1 unspecified atom stereocenters. The maximum absolute atomic E-state index is 12.1. The molecule has 0 spiro atoms. The first-order chi connectivity index (χ1) is 12.1. The zero-order valence-electron chi connectivity index (χ0n) is 14.7. The average Bonchev–Trinajstić information content (AvgIpc) is 3.24. The van der Waals surface area contributed by atoms with Gasteiger partial charge in [0.05, 0.1) is 11.9 Å². The zero-order chi connectivity index (χ0) is 17.8. The summed E-state index contributed by atoms with van der Waals surface area (Å²) in [6.07, 6.45) is 7.06. The Hall–Kier alpha value is -2.64. The second kappa shape index (κ2) is 7.50. The molecular formula is C17H24N6O2. The van der Waals surface area contributed by atoms with Gasteiger partial charge in [-0.3, -0.25) is 9.59 Å². The molecule has 0 saturated carbocycles. The molecule has 8 nitrogen and oxygen atoms in total. The van der Waals surface area contributed by atoms with Crippen molar-refractivity contribution in [2.45, 2.75) is 26.3 Å². The second-order valence-electron chi connectivity index (χ2n) is 6.41. The zero-order valence-corrected chi connectivity index (χ0v) is 14.7. The summed E-state index contributed by atoms with van der Waals surface area (Å²) in [6, 6.07) is 1.61. The first-order valence-corrected chi connectivity index (χ1v) is 8.62. The molecule has 2 aromatic rings. The Morgan fingerprint density at radius 3 is 3.04 bits per heavy atom. The van der Waals surface area contributed by atoms with Crippen LogP contribution in [0.25, 0.3) is 0 Å². The number of aryl methyl sites for hydroxylation is 2. The number of hydrogen-bond acceptors (Lipinski definition) is 5. The van der Waals surface area contributed by atoms with E-state index in [1.54, 1.807) is 25.5 Å². The summed E-state index contributed by atoms with van der Waals surface area (Å²) >= 11 is 0. The fraction of sp³-hybridized carbons (Fsp3) is 0.529. The molecule has 0 radical (unpaired) electrons. The second-order valence-corrected chi connectivity index (χ2v) is 6.41. The highest BCUT2D eigenvalue weighted by atomic mass is 16.2. The predicted molar refractivity (Wildman–Crippen MR) is 94.4 cm³/mol. The molecular weight excluding hydrogens is 320 g/mol. The summed E-state index contributed by atoms with van der Waals surface area (Å²) in [6.45, 7) is 4.66. The van der Waals surface area contributed by atoms with Crippen LogP contribution >= 0.6 is 0 Å². The van der Waals surface area contributed by atoms with Gasteiger partial charge in [0, 0.05) is 51.6 Å². The van der Waals surface area contributed by atoms with Gasteiger partial charge in [0.1, 0.15) is 12.4 Å². The number of anilines is 1. The summed E-state index contributed by atoms with van der Waals surface area (Å²) in [7, 11) is 1.64. The van der Waals surface area contributed by atoms with E-state index in [1.807, 2.05) is 17.7 Å². The largest absolute Gasteiger partial charge is 0.370 e. The number of carbonyl (C=O) groups excluding carboxylic acids is 1. The molecule has 1 amide bonds. The van der Waals surface area contributed by atoms with Crippen LogP contribution in [0.5, 0.6) is 0 Å². The number of nitrogens with one attached hydrogen (secondary N) is 1. The molecule has 134 valence electrons. The van der Waals surface area contributed by atoms with E-state index in [-0.39, 0.29) is 11.5 Å². The van der Waals surface area contributed by atoms with Gasteiger partial charge in [-0.15, -0.1) is 0 Å². The molecule has 3 rings (SSSR count). The maximum atomic E-state index is 12.1. The van der Waals surface area contributed by atoms with Crippen LogP contribution in [-0.2, 0) is 24.8 Å². The van der Waals surface area contributed by atoms with Gasteiger partial charge in [0.25, 0.3) is 5.56 Å². The topological polar surface area (TPSA) is 85.1 Å². The highest BCUT2D eigenvalue weighted by Gasteiger charge is 2.23. The van der Waals surface area contributed by atoms with Crippen molar-refractivity contribution in [1.82, 2.24) is 24.6 Å². The summed E-state index contributed by atoms with van der Waals surface area (Å²) in [5.74, 6) is 1.29. The lowest BCUT2D eigenvalue weighted by molar-refractivity contribution is -0.121. The normalized spacial score (nSPS) is 17.0. The molecule has 1 saturated heterocycles. The molecule has 0 bridgehead atoms. The third-order valence-electron chi connectivity index (χ3n) is 4.62. The number of amides is 1. The Labute approximate surface area is 146 Å². The van der Waals surface area contributed by atoms with Crippen LogP contribution in [0.15, 0.2) is 29.5 Å². The van der Waals surface area contributed by atoms with E-state index < -0.39 is 0 Å². The predicted octanol–water partition coefficient (Wildman–Crippen LogP) is 0.182. The van der Waals surface area contributed by atoms with Gasteiger partial charge in [0.2, 0.25) is 5.91 Å². The van der Waals surface area contributed by atoms with E-state index in [9.17, 15) is 9.59 Å². The first-order valence-electron chi connectivity index (χ1n) is 8.62. The van der Waals surface area contributed by atoms with Gasteiger partial charge in [0.15, 0.2) is 0 Å². The van der Waals surface area contributed by atoms with Gasteiger partial charge in [-0.2, -0.15) is 5.10 Å². The molecule has 0 aliphatic carbocycles. The van der Waals surface area contributed by atoms with Crippen molar-refractivity contribution in [3.05, 3.63) is 40.8 Å². The van der Waals surface area contributed by atoms with Crippen LogP contribution in [0, 0.1) is 5.92 Å². The van der Waals surface area contributed by atoms with Gasteiger partial charge in [-0.25, -0.2) is 9.67 Å². The molecule has 1 fully saturated rings. The van der Waals surface area contributed by atoms with Crippen molar-refractivity contribution < 1.29 is 4.79 Å². The maximum Gasteiger partial charge on any atom is 0.268 e. The third-order valence-corrected chi connectivity index (χ3v) is 4.62. The van der Waals surface area contributed by atoms with Gasteiger partial charge < -0.3 is 14.8 Å². The van der Waals surface area contributed by atoms with Crippen molar-refractivity contribution >= 4 is 11.6 Å². The van der Waals surface area contributed by atoms with Crippen LogP contribution in [0.2, 0.25) is 0 Å². The van der Waals surface area contributed by atoms with Crippen molar-refractivity contribution in [2.24, 2.45) is 13.0 Å². The average molecular weight is 344 g/mol. The van der Waals surface area contributed by atoms with E-state index in [0.29, 0.717) is 19.0 Å². The molecule has 25 heavy (non-hydrogen) atoms. The number of nitrogens with zero attached hydrogens (tertiary/aromatic N) is 5. The summed E-state index contributed by atoms with van der Waals surface area (Å²) in [5.41, 5.74) is 0.740. The lowest BCUT2D eigenvalue weighted by Gasteiger charge is -2.18. The van der Waals surface area contributed by atoms with Gasteiger partial charge in [-0.1, -0.05) is 6.92 Å². The van der Waals surface area contributed by atoms with E-state index in [4.69, 9.17) is 0 Å². The van der Waals surface area contributed by atoms with Crippen molar-refractivity contribution in [3.8, 4) is 0 Å². The van der Waals surface area contributed by atoms with Crippen molar-refractivity contribution in [2.75, 3.05) is 24.5 Å². The fourth-order valence-corrected chi connectivity index (χ4v) is 3.13. The van der Waals surface area contributed by atoms with Gasteiger partial charge in [-0.05, 0) is 12.3 Å². The number of carbonyl (C=O) groups is 1. The molecule has 2 aromatic heterocycles. The molecule has 1 aliphatic heterocycles. The third kappa shape index (κ3) is 4.07. The molecule has 8 heteroatoms. The van der Waals surface area contributed by atoms with E-state index in [0.717, 1.165) is 37.4 Å². The quantitative estimate of drug-likeness (QED) is 0.808. The monoisotopic (exact) mass is 344 g/mol. The Morgan fingerprint density at radius 1 is 1.44 bits per heavy atom. The number of rotatable bonds is 6. The summed E-state index contributed by atoms with van der Waals surface area (Å²) < 4.78 is 3.19. The fourth-order valence-electron chi connectivity index (χ4n) is 3.13. The van der Waals surface area contributed by atoms with Gasteiger partial charge >= 0.3 is 0 Å². The van der Waals surface area contributed by atoms with Crippen LogP contribution in [0.1, 0.15) is 19.2 Å². The Morgan fingerprint density at radius 2 is 2.28 bits per heavy atom. The number of hydrogen-bond donors (Lipinski definition) is 1. The minimum Gasteiger partial charge on any atom is -0.370 e. The lowest BCUT2D eigenvalue weighted by Crippen LogP contribution is -2.33. The van der Waals surface area contributed by atoms with Crippen LogP contribution in [0.4, 0.5) is 5.69 Å². The van der Waals surface area contributed by atoms with Crippen LogP contribution in [-0.4, -0.2) is 44.9 Å². The summed E-state index contributed by atoms with van der Waals surface area (Å²) in [4.78, 5) is 30.2. The number of aromatic nitrogens is 4.